The second kappa shape index (κ2) is 6.04. The van der Waals surface area contributed by atoms with E-state index in [-0.39, 0.29) is 28.8 Å². The van der Waals surface area contributed by atoms with Crippen molar-refractivity contribution in [1.82, 2.24) is 9.97 Å². The predicted octanol–water partition coefficient (Wildman–Crippen LogP) is 1.58. The Morgan fingerprint density at radius 3 is 2.70 bits per heavy atom. The number of nitrogens with zero attached hydrogens (tertiary/aromatic N) is 2. The fourth-order valence-corrected chi connectivity index (χ4v) is 2.39. The Kier molecular flexibility index (Phi) is 4.39. The number of carbonyl (C=O) groups is 2. The maximum atomic E-state index is 12.0. The van der Waals surface area contributed by atoms with Crippen molar-refractivity contribution in [2.24, 2.45) is 11.8 Å². The Labute approximate surface area is 120 Å². The summed E-state index contributed by atoms with van der Waals surface area (Å²) in [6, 6.07) is 1.42. The average molecular weight is 300 g/mol. The number of nitrogens with one attached hydrogen (secondary N) is 1. The summed E-state index contributed by atoms with van der Waals surface area (Å²) in [5.41, 5.74) is 0. The van der Waals surface area contributed by atoms with Gasteiger partial charge in [0.05, 0.1) is 13.0 Å². The van der Waals surface area contributed by atoms with Crippen LogP contribution in [0.1, 0.15) is 19.3 Å². The Balaban J connectivity index is 2.02. The van der Waals surface area contributed by atoms with E-state index < -0.39 is 11.9 Å². The van der Waals surface area contributed by atoms with Crippen LogP contribution < -0.4 is 10.1 Å². The molecule has 1 amide bonds. The van der Waals surface area contributed by atoms with Gasteiger partial charge in [-0.2, -0.15) is 4.98 Å². The van der Waals surface area contributed by atoms with Gasteiger partial charge in [-0.3, -0.25) is 14.9 Å². The largest absolute Gasteiger partial charge is 0.481 e. The molecule has 1 aliphatic carbocycles. The molecule has 1 aromatic heterocycles. The monoisotopic (exact) mass is 299 g/mol. The van der Waals surface area contributed by atoms with Crippen LogP contribution in [0.4, 0.5) is 5.95 Å². The number of methoxy groups -OCH3 is 1. The van der Waals surface area contributed by atoms with Gasteiger partial charge < -0.3 is 9.84 Å². The summed E-state index contributed by atoms with van der Waals surface area (Å²) in [6.07, 6.45) is 1.38. The van der Waals surface area contributed by atoms with E-state index in [2.05, 4.69) is 15.3 Å². The highest BCUT2D eigenvalue weighted by Crippen LogP contribution is 2.31. The van der Waals surface area contributed by atoms with Crippen molar-refractivity contribution in [3.63, 3.8) is 0 Å². The van der Waals surface area contributed by atoms with Crippen LogP contribution in [0.25, 0.3) is 0 Å². The molecular weight excluding hydrogens is 286 g/mol. The molecule has 1 saturated carbocycles. The van der Waals surface area contributed by atoms with E-state index in [0.717, 1.165) is 0 Å². The molecule has 0 bridgehead atoms. The van der Waals surface area contributed by atoms with Crippen molar-refractivity contribution in [2.75, 3.05) is 12.4 Å². The SMILES string of the molecule is COc1cc(Cl)nc(NC(=O)[C@@H]2CC[C@H](C(=O)O)C2)n1. The summed E-state index contributed by atoms with van der Waals surface area (Å²) in [5.74, 6) is -1.66. The highest BCUT2D eigenvalue weighted by Gasteiger charge is 2.34. The first-order valence-electron chi connectivity index (χ1n) is 6.12. The van der Waals surface area contributed by atoms with E-state index in [9.17, 15) is 9.59 Å². The fourth-order valence-electron chi connectivity index (χ4n) is 2.21. The van der Waals surface area contributed by atoms with Gasteiger partial charge in [0.1, 0.15) is 5.15 Å². The molecule has 1 aliphatic rings. The van der Waals surface area contributed by atoms with Crippen LogP contribution in [0.2, 0.25) is 5.15 Å². The zero-order chi connectivity index (χ0) is 14.7. The van der Waals surface area contributed by atoms with Gasteiger partial charge in [-0.05, 0) is 19.3 Å². The number of carbonyl (C=O) groups excluding carboxylic acids is 1. The minimum atomic E-state index is -0.860. The van der Waals surface area contributed by atoms with Gasteiger partial charge in [0.2, 0.25) is 17.7 Å². The lowest BCUT2D eigenvalue weighted by Crippen LogP contribution is -2.23. The number of carboxylic acids is 1. The minimum absolute atomic E-state index is 0.0538. The molecule has 7 nitrogen and oxygen atoms in total. The molecule has 0 aromatic carbocycles. The molecule has 0 unspecified atom stereocenters. The molecule has 0 radical (unpaired) electrons. The first-order chi connectivity index (χ1) is 9.49. The molecule has 1 fully saturated rings. The molecule has 0 spiro atoms. The third kappa shape index (κ3) is 3.36. The predicted molar refractivity (Wildman–Crippen MR) is 70.7 cm³/mol. The lowest BCUT2D eigenvalue weighted by atomic mass is 10.0. The van der Waals surface area contributed by atoms with Gasteiger partial charge in [0.25, 0.3) is 0 Å². The Morgan fingerprint density at radius 2 is 2.10 bits per heavy atom. The van der Waals surface area contributed by atoms with Gasteiger partial charge in [0, 0.05) is 12.0 Å². The topological polar surface area (TPSA) is 101 Å². The molecular formula is C12H14ClN3O4. The highest BCUT2D eigenvalue weighted by atomic mass is 35.5. The molecule has 0 aliphatic heterocycles. The first-order valence-corrected chi connectivity index (χ1v) is 6.49. The van der Waals surface area contributed by atoms with Gasteiger partial charge in [-0.15, -0.1) is 0 Å². The molecule has 0 saturated heterocycles. The van der Waals surface area contributed by atoms with Crippen LogP contribution in [0.3, 0.4) is 0 Å². The van der Waals surface area contributed by atoms with Crippen molar-refractivity contribution in [1.29, 1.82) is 0 Å². The van der Waals surface area contributed by atoms with Crippen molar-refractivity contribution < 1.29 is 19.4 Å². The second-order valence-electron chi connectivity index (χ2n) is 4.59. The molecule has 2 atom stereocenters. The van der Waals surface area contributed by atoms with Crippen LogP contribution >= 0.6 is 11.6 Å². The summed E-state index contributed by atoms with van der Waals surface area (Å²) >= 11 is 5.78. The highest BCUT2D eigenvalue weighted by molar-refractivity contribution is 6.29. The van der Waals surface area contributed by atoms with Crippen molar-refractivity contribution >= 4 is 29.4 Å². The number of carboxylic acid groups (broad SMARTS) is 1. The van der Waals surface area contributed by atoms with Crippen molar-refractivity contribution in [3.05, 3.63) is 11.2 Å². The Hall–Kier alpha value is -1.89. The number of anilines is 1. The second-order valence-corrected chi connectivity index (χ2v) is 4.98. The van der Waals surface area contributed by atoms with Crippen molar-refractivity contribution in [2.45, 2.75) is 19.3 Å². The molecule has 20 heavy (non-hydrogen) atoms. The minimum Gasteiger partial charge on any atom is -0.481 e. The molecule has 2 rings (SSSR count). The third-order valence-corrected chi connectivity index (χ3v) is 3.46. The van der Waals surface area contributed by atoms with E-state index in [4.69, 9.17) is 21.4 Å². The molecule has 108 valence electrons. The summed E-state index contributed by atoms with van der Waals surface area (Å²) in [4.78, 5) is 30.7. The van der Waals surface area contributed by atoms with Gasteiger partial charge in [-0.25, -0.2) is 4.98 Å². The molecule has 1 heterocycles. The number of ether oxygens (including phenoxy) is 1. The fraction of sp³-hybridized carbons (Fsp3) is 0.500. The molecule has 2 N–H and O–H groups in total. The number of aromatic nitrogens is 2. The smallest absolute Gasteiger partial charge is 0.306 e. The lowest BCUT2D eigenvalue weighted by Gasteiger charge is -2.10. The van der Waals surface area contributed by atoms with E-state index in [1.807, 2.05) is 0 Å². The maximum Gasteiger partial charge on any atom is 0.306 e. The summed E-state index contributed by atoms with van der Waals surface area (Å²) < 4.78 is 4.93. The number of hydrogen-bond donors (Lipinski definition) is 2. The average Bonchev–Trinajstić information content (AvgIpc) is 2.87. The van der Waals surface area contributed by atoms with Gasteiger partial charge >= 0.3 is 5.97 Å². The summed E-state index contributed by atoms with van der Waals surface area (Å²) in [7, 11) is 1.43. The zero-order valence-corrected chi connectivity index (χ0v) is 11.6. The Morgan fingerprint density at radius 1 is 1.40 bits per heavy atom. The number of halogens is 1. The summed E-state index contributed by atoms with van der Waals surface area (Å²) in [5, 5.41) is 11.6. The van der Waals surface area contributed by atoms with E-state index in [1.54, 1.807) is 0 Å². The van der Waals surface area contributed by atoms with Crippen LogP contribution in [0.15, 0.2) is 6.07 Å². The Bertz CT molecular complexity index is 537. The number of amides is 1. The molecule has 1 aromatic rings. The first kappa shape index (κ1) is 14.5. The number of hydrogen-bond acceptors (Lipinski definition) is 5. The van der Waals surface area contributed by atoms with Crippen LogP contribution in [-0.2, 0) is 9.59 Å². The third-order valence-electron chi connectivity index (χ3n) is 3.27. The normalized spacial score (nSPS) is 21.5. The van der Waals surface area contributed by atoms with Gasteiger partial charge in [0.15, 0.2) is 0 Å². The van der Waals surface area contributed by atoms with E-state index >= 15 is 0 Å². The van der Waals surface area contributed by atoms with Crippen LogP contribution in [0, 0.1) is 11.8 Å². The zero-order valence-electron chi connectivity index (χ0n) is 10.8. The standard InChI is InChI=1S/C12H14ClN3O4/c1-20-9-5-8(13)14-12(15-9)16-10(17)6-2-3-7(4-6)11(18)19/h5-7H,2-4H2,1H3,(H,18,19)(H,14,15,16,17)/t6-,7+/m1/s1. The number of aliphatic carboxylic acids is 1. The lowest BCUT2D eigenvalue weighted by molar-refractivity contribution is -0.141. The quantitative estimate of drug-likeness (QED) is 0.818. The summed E-state index contributed by atoms with van der Waals surface area (Å²) in [6.45, 7) is 0. The van der Waals surface area contributed by atoms with E-state index in [0.29, 0.717) is 19.3 Å². The van der Waals surface area contributed by atoms with Crippen LogP contribution in [0.5, 0.6) is 5.88 Å². The van der Waals surface area contributed by atoms with Crippen molar-refractivity contribution in [3.8, 4) is 5.88 Å². The van der Waals surface area contributed by atoms with E-state index in [1.165, 1.54) is 13.2 Å². The van der Waals surface area contributed by atoms with Gasteiger partial charge in [-0.1, -0.05) is 11.6 Å². The molecule has 8 heteroatoms. The number of rotatable bonds is 4. The maximum absolute atomic E-state index is 12.0. The van der Waals surface area contributed by atoms with Crippen LogP contribution in [-0.4, -0.2) is 34.1 Å².